The summed E-state index contributed by atoms with van der Waals surface area (Å²) < 4.78 is 27.3. The first-order valence-electron chi connectivity index (χ1n) is 8.03. The van der Waals surface area contributed by atoms with Crippen molar-refractivity contribution in [3.8, 4) is 0 Å². The molecule has 0 radical (unpaired) electrons. The van der Waals surface area contributed by atoms with Crippen molar-refractivity contribution >= 4 is 16.0 Å². The lowest BCUT2D eigenvalue weighted by atomic mass is 10.0. The molecule has 0 saturated carbocycles. The fourth-order valence-corrected chi connectivity index (χ4v) is 4.12. The summed E-state index contributed by atoms with van der Waals surface area (Å²) in [6, 6.07) is 0. The number of rotatable bonds is 5. The Kier molecular flexibility index (Phi) is 5.54. The second kappa shape index (κ2) is 7.10. The van der Waals surface area contributed by atoms with Crippen molar-refractivity contribution in [1.82, 2.24) is 24.7 Å². The molecule has 136 valence electrons. The molecule has 1 fully saturated rings. The number of guanidine groups is 1. The predicted molar refractivity (Wildman–Crippen MR) is 95.6 cm³/mol. The molecule has 0 aromatic carbocycles. The Hall–Kier alpha value is -1.61. The minimum Gasteiger partial charge on any atom is -0.354 e. The molecule has 1 aliphatic rings. The summed E-state index contributed by atoms with van der Waals surface area (Å²) in [5.74, 6) is 1.24. The molecule has 2 rings (SSSR count). The van der Waals surface area contributed by atoms with Gasteiger partial charge in [-0.2, -0.15) is 5.10 Å². The monoisotopic (exact) mass is 356 g/mol. The molecule has 0 bridgehead atoms. The third-order valence-corrected chi connectivity index (χ3v) is 4.97. The average Bonchev–Trinajstić information content (AvgIpc) is 3.05. The van der Waals surface area contributed by atoms with E-state index in [0.29, 0.717) is 12.5 Å². The van der Waals surface area contributed by atoms with Crippen molar-refractivity contribution in [3.63, 3.8) is 0 Å². The molecule has 0 spiro atoms. The first kappa shape index (κ1) is 18.7. The van der Waals surface area contributed by atoms with Gasteiger partial charge in [0.1, 0.15) is 0 Å². The maximum Gasteiger partial charge on any atom is 0.209 e. The summed E-state index contributed by atoms with van der Waals surface area (Å²) in [5.41, 5.74) is 0.654. The molecule has 1 aromatic heterocycles. The predicted octanol–water partition coefficient (Wildman–Crippen LogP) is 0.113. The number of hydrogen-bond acceptors (Lipinski definition) is 4. The van der Waals surface area contributed by atoms with Gasteiger partial charge in [0.25, 0.3) is 0 Å². The number of likely N-dealkylation sites (tertiary alicyclic amines) is 1. The Bertz CT molecular complexity index is 695. The third-order valence-electron chi connectivity index (χ3n) is 4.05. The Morgan fingerprint density at radius 3 is 2.75 bits per heavy atom. The number of aliphatic imine (C=N–C) groups is 1. The van der Waals surface area contributed by atoms with E-state index in [-0.39, 0.29) is 0 Å². The molecule has 24 heavy (non-hydrogen) atoms. The van der Waals surface area contributed by atoms with Crippen molar-refractivity contribution in [2.75, 3.05) is 32.9 Å². The van der Waals surface area contributed by atoms with Crippen LogP contribution in [0.3, 0.4) is 0 Å². The molecular weight excluding hydrogens is 328 g/mol. The van der Waals surface area contributed by atoms with Gasteiger partial charge in [0.2, 0.25) is 10.0 Å². The lowest BCUT2D eigenvalue weighted by molar-refractivity contribution is 0.425. The zero-order valence-corrected chi connectivity index (χ0v) is 15.9. The Balaban J connectivity index is 1.93. The Morgan fingerprint density at radius 2 is 2.21 bits per heavy atom. The van der Waals surface area contributed by atoms with Crippen LogP contribution < -0.4 is 10.0 Å². The lowest BCUT2D eigenvalue weighted by Crippen LogP contribution is -2.53. The normalized spacial score (nSPS) is 19.8. The van der Waals surface area contributed by atoms with Gasteiger partial charge in [-0.25, -0.2) is 13.1 Å². The second-order valence-corrected chi connectivity index (χ2v) is 8.79. The van der Waals surface area contributed by atoms with Gasteiger partial charge in [0, 0.05) is 51.4 Å². The molecule has 2 N–H and O–H groups in total. The SMILES string of the molecule is CN=C(NCC(C)(C)NS(C)(=O)=O)N1CCC(c2cnn(C)c2)C1. The number of nitrogens with one attached hydrogen (secondary N) is 2. The Morgan fingerprint density at radius 1 is 1.50 bits per heavy atom. The van der Waals surface area contributed by atoms with Gasteiger partial charge in [-0.3, -0.25) is 9.67 Å². The van der Waals surface area contributed by atoms with Gasteiger partial charge < -0.3 is 10.2 Å². The molecule has 0 amide bonds. The number of nitrogens with zero attached hydrogens (tertiary/aromatic N) is 4. The van der Waals surface area contributed by atoms with Gasteiger partial charge >= 0.3 is 0 Å². The number of aromatic nitrogens is 2. The van der Waals surface area contributed by atoms with Crippen molar-refractivity contribution in [3.05, 3.63) is 18.0 Å². The highest BCUT2D eigenvalue weighted by Crippen LogP contribution is 2.26. The number of sulfonamides is 1. The fraction of sp³-hybridized carbons (Fsp3) is 0.733. The molecule has 1 saturated heterocycles. The van der Waals surface area contributed by atoms with Crippen molar-refractivity contribution < 1.29 is 8.42 Å². The van der Waals surface area contributed by atoms with Crippen LogP contribution in [0.2, 0.25) is 0 Å². The fourth-order valence-electron chi connectivity index (χ4n) is 3.05. The minimum absolute atomic E-state index is 0.444. The van der Waals surface area contributed by atoms with E-state index < -0.39 is 15.6 Å². The number of hydrogen-bond donors (Lipinski definition) is 2. The van der Waals surface area contributed by atoms with Crippen molar-refractivity contribution in [2.45, 2.75) is 31.7 Å². The Labute approximate surface area is 144 Å². The van der Waals surface area contributed by atoms with E-state index in [4.69, 9.17) is 0 Å². The maximum atomic E-state index is 11.4. The summed E-state index contributed by atoms with van der Waals surface area (Å²) >= 11 is 0. The highest BCUT2D eigenvalue weighted by atomic mass is 32.2. The summed E-state index contributed by atoms with van der Waals surface area (Å²) in [6.07, 6.45) is 6.20. The highest BCUT2D eigenvalue weighted by molar-refractivity contribution is 7.88. The third kappa shape index (κ3) is 5.20. The highest BCUT2D eigenvalue weighted by Gasteiger charge is 2.28. The molecule has 0 aliphatic carbocycles. The van der Waals surface area contributed by atoms with Gasteiger partial charge in [0.05, 0.1) is 12.5 Å². The molecule has 8 nitrogen and oxygen atoms in total. The van der Waals surface area contributed by atoms with Gasteiger partial charge in [0.15, 0.2) is 5.96 Å². The van der Waals surface area contributed by atoms with E-state index in [1.54, 1.807) is 7.05 Å². The van der Waals surface area contributed by atoms with Crippen LogP contribution in [-0.2, 0) is 17.1 Å². The van der Waals surface area contributed by atoms with Gasteiger partial charge in [-0.15, -0.1) is 0 Å². The second-order valence-electron chi connectivity index (χ2n) is 7.04. The van der Waals surface area contributed by atoms with E-state index in [1.165, 1.54) is 11.8 Å². The first-order chi connectivity index (χ1) is 11.1. The standard InChI is InChI=1S/C15H28N6O2S/c1-15(2,19-24(5,22)23)11-17-14(16-3)21-7-6-12(10-21)13-8-18-20(4)9-13/h8-9,12,19H,6-7,10-11H2,1-5H3,(H,16,17). The van der Waals surface area contributed by atoms with Gasteiger partial charge in [-0.1, -0.05) is 0 Å². The summed E-state index contributed by atoms with van der Waals surface area (Å²) in [6.45, 7) is 5.94. The van der Waals surface area contributed by atoms with Crippen LogP contribution in [-0.4, -0.2) is 67.5 Å². The van der Waals surface area contributed by atoms with Crippen molar-refractivity contribution in [1.29, 1.82) is 0 Å². The molecule has 9 heteroatoms. The average molecular weight is 356 g/mol. The molecule has 1 aliphatic heterocycles. The van der Waals surface area contributed by atoms with E-state index in [2.05, 4.69) is 31.2 Å². The molecular formula is C15H28N6O2S. The largest absolute Gasteiger partial charge is 0.354 e. The lowest BCUT2D eigenvalue weighted by Gasteiger charge is -2.29. The van der Waals surface area contributed by atoms with E-state index in [0.717, 1.165) is 25.5 Å². The van der Waals surface area contributed by atoms with Gasteiger partial charge in [-0.05, 0) is 25.8 Å². The van der Waals surface area contributed by atoms with Crippen LogP contribution >= 0.6 is 0 Å². The summed E-state index contributed by atoms with van der Waals surface area (Å²) in [4.78, 5) is 6.54. The van der Waals surface area contributed by atoms with Crippen molar-refractivity contribution in [2.24, 2.45) is 12.0 Å². The molecule has 1 unspecified atom stereocenters. The summed E-state index contributed by atoms with van der Waals surface area (Å²) in [5, 5.41) is 7.52. The van der Waals surface area contributed by atoms with Crippen LogP contribution in [0, 0.1) is 0 Å². The molecule has 2 heterocycles. The summed E-state index contributed by atoms with van der Waals surface area (Å²) in [7, 11) is 0.420. The maximum absolute atomic E-state index is 11.4. The first-order valence-corrected chi connectivity index (χ1v) is 9.92. The van der Waals surface area contributed by atoms with Crippen LogP contribution in [0.25, 0.3) is 0 Å². The number of aryl methyl sites for hydroxylation is 1. The zero-order valence-electron chi connectivity index (χ0n) is 15.1. The van der Waals surface area contributed by atoms with E-state index in [9.17, 15) is 8.42 Å². The van der Waals surface area contributed by atoms with Crippen LogP contribution in [0.4, 0.5) is 0 Å². The van der Waals surface area contributed by atoms with Crippen LogP contribution in [0.1, 0.15) is 31.7 Å². The van der Waals surface area contributed by atoms with Crippen LogP contribution in [0.5, 0.6) is 0 Å². The van der Waals surface area contributed by atoms with E-state index in [1.807, 2.05) is 31.8 Å². The smallest absolute Gasteiger partial charge is 0.209 e. The molecule has 1 aromatic rings. The zero-order chi connectivity index (χ0) is 18.0. The topological polar surface area (TPSA) is 91.6 Å². The van der Waals surface area contributed by atoms with E-state index >= 15 is 0 Å². The van der Waals surface area contributed by atoms with Crippen LogP contribution in [0.15, 0.2) is 17.4 Å². The quantitative estimate of drug-likeness (QED) is 0.577. The molecule has 1 atom stereocenters. The minimum atomic E-state index is -3.25.